The van der Waals surface area contributed by atoms with E-state index in [0.29, 0.717) is 11.4 Å². The van der Waals surface area contributed by atoms with Crippen molar-refractivity contribution in [2.75, 3.05) is 7.11 Å². The second kappa shape index (κ2) is 4.97. The van der Waals surface area contributed by atoms with Gasteiger partial charge in [-0.05, 0) is 43.4 Å². The van der Waals surface area contributed by atoms with Crippen molar-refractivity contribution in [1.29, 1.82) is 0 Å². The lowest BCUT2D eigenvalue weighted by Crippen LogP contribution is -2.40. The molecule has 94 valence electrons. The molecule has 2 rings (SSSR count). The highest BCUT2D eigenvalue weighted by molar-refractivity contribution is 6.31. The fraction of sp³-hybridized carbons (Fsp3) is 0.571. The van der Waals surface area contributed by atoms with Crippen LogP contribution in [0.15, 0.2) is 18.2 Å². The van der Waals surface area contributed by atoms with Crippen LogP contribution in [0.3, 0.4) is 0 Å². The molecule has 0 aromatic heterocycles. The number of aryl methyl sites for hydroxylation is 1. The van der Waals surface area contributed by atoms with Gasteiger partial charge in [0.25, 0.3) is 0 Å². The molecule has 0 spiro atoms. The maximum absolute atomic E-state index is 10.2. The molecule has 3 heteroatoms. The Balaban J connectivity index is 2.08. The lowest BCUT2D eigenvalue weighted by atomic mass is 9.75. The van der Waals surface area contributed by atoms with Crippen LogP contribution in [0.2, 0.25) is 5.02 Å². The van der Waals surface area contributed by atoms with E-state index in [1.807, 2.05) is 25.1 Å². The molecule has 1 fully saturated rings. The van der Waals surface area contributed by atoms with Gasteiger partial charge in [0.05, 0.1) is 11.7 Å². The van der Waals surface area contributed by atoms with Crippen LogP contribution in [0.4, 0.5) is 0 Å². The summed E-state index contributed by atoms with van der Waals surface area (Å²) in [7, 11) is 1.73. The van der Waals surface area contributed by atoms with Crippen LogP contribution >= 0.6 is 11.6 Å². The van der Waals surface area contributed by atoms with Crippen LogP contribution in [0, 0.1) is 6.92 Å². The number of hydrogen-bond donors (Lipinski definition) is 1. The number of methoxy groups -OCH3 is 1. The zero-order chi connectivity index (χ0) is 12.5. The summed E-state index contributed by atoms with van der Waals surface area (Å²) in [4.78, 5) is 0. The smallest absolute Gasteiger partial charge is 0.0818 e. The Labute approximate surface area is 108 Å². The molecule has 0 heterocycles. The van der Waals surface area contributed by atoms with E-state index in [1.165, 1.54) is 6.42 Å². The Kier molecular flexibility index (Phi) is 3.76. The molecule has 1 unspecified atom stereocenters. The third kappa shape index (κ3) is 2.65. The van der Waals surface area contributed by atoms with Crippen molar-refractivity contribution >= 4 is 11.6 Å². The van der Waals surface area contributed by atoms with E-state index in [1.54, 1.807) is 7.11 Å². The Hall–Kier alpha value is -0.570. The van der Waals surface area contributed by atoms with Gasteiger partial charge < -0.3 is 9.84 Å². The van der Waals surface area contributed by atoms with Crippen molar-refractivity contribution in [3.63, 3.8) is 0 Å². The monoisotopic (exact) mass is 254 g/mol. The number of rotatable bonds is 4. The summed E-state index contributed by atoms with van der Waals surface area (Å²) < 4.78 is 5.53. The molecule has 1 aliphatic rings. The Morgan fingerprint density at radius 2 is 2.18 bits per heavy atom. The van der Waals surface area contributed by atoms with Crippen molar-refractivity contribution in [3.05, 3.63) is 34.3 Å². The minimum absolute atomic E-state index is 0.114. The quantitative estimate of drug-likeness (QED) is 0.889. The summed E-state index contributed by atoms with van der Waals surface area (Å²) in [5.41, 5.74) is 1.80. The van der Waals surface area contributed by atoms with E-state index in [4.69, 9.17) is 16.3 Å². The molecule has 0 amide bonds. The number of aliphatic hydroxyl groups is 1. The van der Waals surface area contributed by atoms with Crippen LogP contribution in [-0.4, -0.2) is 17.8 Å². The number of benzene rings is 1. The predicted octanol–water partition coefficient (Wildman–Crippen LogP) is 3.64. The molecule has 1 aromatic rings. The summed E-state index contributed by atoms with van der Waals surface area (Å²) in [6.07, 6.45) is 3.44. The van der Waals surface area contributed by atoms with Crippen molar-refractivity contribution in [3.8, 4) is 0 Å². The van der Waals surface area contributed by atoms with Gasteiger partial charge in [0, 0.05) is 18.6 Å². The Morgan fingerprint density at radius 1 is 1.47 bits per heavy atom. The third-order valence-corrected chi connectivity index (χ3v) is 4.25. The summed E-state index contributed by atoms with van der Waals surface area (Å²) in [6.45, 7) is 1.96. The van der Waals surface area contributed by atoms with Crippen LogP contribution in [-0.2, 0) is 4.74 Å². The van der Waals surface area contributed by atoms with Crippen LogP contribution in [0.1, 0.15) is 42.9 Å². The number of hydrogen-bond acceptors (Lipinski definition) is 2. The van der Waals surface area contributed by atoms with Crippen LogP contribution < -0.4 is 0 Å². The number of halogens is 1. The first-order valence-corrected chi connectivity index (χ1v) is 6.43. The summed E-state index contributed by atoms with van der Waals surface area (Å²) in [6, 6.07) is 5.73. The average Bonchev–Trinajstić information content (AvgIpc) is 2.27. The molecule has 2 nitrogen and oxygen atoms in total. The first kappa shape index (κ1) is 12.9. The molecule has 17 heavy (non-hydrogen) atoms. The van der Waals surface area contributed by atoms with Gasteiger partial charge in [0.15, 0.2) is 0 Å². The third-order valence-electron chi connectivity index (χ3n) is 3.84. The van der Waals surface area contributed by atoms with Crippen molar-refractivity contribution < 1.29 is 9.84 Å². The summed E-state index contributed by atoms with van der Waals surface area (Å²) in [5, 5.41) is 10.9. The van der Waals surface area contributed by atoms with Crippen LogP contribution in [0.25, 0.3) is 0 Å². The van der Waals surface area contributed by atoms with Gasteiger partial charge in [-0.25, -0.2) is 0 Å². The van der Waals surface area contributed by atoms with Gasteiger partial charge in [-0.2, -0.15) is 0 Å². The SMILES string of the molecule is COC1(CC(O)c2ccc(C)c(Cl)c2)CCC1. The van der Waals surface area contributed by atoms with E-state index in [0.717, 1.165) is 24.0 Å². The average molecular weight is 255 g/mol. The second-order valence-electron chi connectivity index (χ2n) is 4.97. The minimum Gasteiger partial charge on any atom is -0.388 e. The molecule has 0 aliphatic heterocycles. The van der Waals surface area contributed by atoms with E-state index in [-0.39, 0.29) is 5.60 Å². The lowest BCUT2D eigenvalue weighted by Gasteiger charge is -2.41. The van der Waals surface area contributed by atoms with E-state index in [9.17, 15) is 5.11 Å². The van der Waals surface area contributed by atoms with Crippen molar-refractivity contribution in [2.24, 2.45) is 0 Å². The van der Waals surface area contributed by atoms with Crippen molar-refractivity contribution in [1.82, 2.24) is 0 Å². The van der Waals surface area contributed by atoms with Gasteiger partial charge in [-0.1, -0.05) is 23.7 Å². The Bertz CT molecular complexity index is 394. The molecular weight excluding hydrogens is 236 g/mol. The standard InChI is InChI=1S/C14H19ClO2/c1-10-4-5-11(8-12(10)15)13(16)9-14(17-2)6-3-7-14/h4-5,8,13,16H,3,6-7,9H2,1-2H3. The molecule has 0 saturated heterocycles. The lowest BCUT2D eigenvalue weighted by molar-refractivity contribution is -0.0999. The summed E-state index contributed by atoms with van der Waals surface area (Å²) >= 11 is 6.07. The van der Waals surface area contributed by atoms with E-state index < -0.39 is 6.10 Å². The van der Waals surface area contributed by atoms with Gasteiger partial charge in [0.2, 0.25) is 0 Å². The maximum atomic E-state index is 10.2. The highest BCUT2D eigenvalue weighted by atomic mass is 35.5. The van der Waals surface area contributed by atoms with Crippen molar-refractivity contribution in [2.45, 2.75) is 44.3 Å². The highest BCUT2D eigenvalue weighted by Gasteiger charge is 2.39. The molecule has 1 aromatic carbocycles. The first-order valence-electron chi connectivity index (χ1n) is 6.06. The van der Waals surface area contributed by atoms with Gasteiger partial charge >= 0.3 is 0 Å². The zero-order valence-corrected chi connectivity index (χ0v) is 11.1. The molecule has 1 saturated carbocycles. The second-order valence-corrected chi connectivity index (χ2v) is 5.38. The minimum atomic E-state index is -0.492. The summed E-state index contributed by atoms with van der Waals surface area (Å²) in [5.74, 6) is 0. The van der Waals surface area contributed by atoms with E-state index in [2.05, 4.69) is 0 Å². The molecule has 1 atom stereocenters. The highest BCUT2D eigenvalue weighted by Crippen LogP contribution is 2.42. The number of ether oxygens (including phenoxy) is 1. The zero-order valence-electron chi connectivity index (χ0n) is 10.4. The maximum Gasteiger partial charge on any atom is 0.0818 e. The number of aliphatic hydroxyl groups excluding tert-OH is 1. The molecule has 0 radical (unpaired) electrons. The molecular formula is C14H19ClO2. The largest absolute Gasteiger partial charge is 0.388 e. The predicted molar refractivity (Wildman–Crippen MR) is 69.4 cm³/mol. The van der Waals surface area contributed by atoms with Gasteiger partial charge in [-0.3, -0.25) is 0 Å². The molecule has 1 N–H and O–H groups in total. The molecule has 0 bridgehead atoms. The first-order chi connectivity index (χ1) is 8.06. The fourth-order valence-electron chi connectivity index (χ4n) is 2.35. The van der Waals surface area contributed by atoms with E-state index >= 15 is 0 Å². The van der Waals surface area contributed by atoms with Crippen LogP contribution in [0.5, 0.6) is 0 Å². The fourth-order valence-corrected chi connectivity index (χ4v) is 2.54. The topological polar surface area (TPSA) is 29.5 Å². The molecule has 1 aliphatic carbocycles. The Morgan fingerprint density at radius 3 is 2.65 bits per heavy atom. The van der Waals surface area contributed by atoms with Gasteiger partial charge in [0.1, 0.15) is 0 Å². The normalized spacial score (nSPS) is 19.8. The van der Waals surface area contributed by atoms with Gasteiger partial charge in [-0.15, -0.1) is 0 Å².